The van der Waals surface area contributed by atoms with Gasteiger partial charge in [-0.2, -0.15) is 0 Å². The van der Waals surface area contributed by atoms with E-state index >= 15 is 0 Å². The van der Waals surface area contributed by atoms with Crippen LogP contribution in [0.15, 0.2) is 0 Å². The molecule has 2 unspecified atom stereocenters. The maximum atomic E-state index is 10.6. The smallest absolute Gasteiger partial charge is 0.321 e. The fourth-order valence-corrected chi connectivity index (χ4v) is 1.55. The summed E-state index contributed by atoms with van der Waals surface area (Å²) in [5.74, 6) is -0.875. The predicted molar refractivity (Wildman–Crippen MR) is 42.7 cm³/mol. The Morgan fingerprint density at radius 2 is 2.33 bits per heavy atom. The van der Waals surface area contributed by atoms with Crippen molar-refractivity contribution in [3.05, 3.63) is 0 Å². The lowest BCUT2D eigenvalue weighted by Gasteiger charge is -2.18. The first-order valence-corrected chi connectivity index (χ1v) is 4.00. The molecular weight excluding hydrogens is 160 g/mol. The molecule has 0 spiro atoms. The summed E-state index contributed by atoms with van der Waals surface area (Å²) in [5, 5.41) is 17.9. The lowest BCUT2D eigenvalue weighted by atomic mass is 10.2. The summed E-state index contributed by atoms with van der Waals surface area (Å²) >= 11 is 0. The van der Waals surface area contributed by atoms with E-state index in [1.54, 1.807) is 4.90 Å². The van der Waals surface area contributed by atoms with E-state index in [-0.39, 0.29) is 0 Å². The van der Waals surface area contributed by atoms with Crippen LogP contribution in [-0.2, 0) is 4.79 Å². The van der Waals surface area contributed by atoms with Gasteiger partial charge in [0.2, 0.25) is 0 Å². The number of carboxylic acid groups (broad SMARTS) is 1. The van der Waals surface area contributed by atoms with Gasteiger partial charge in [-0.1, -0.05) is 0 Å². The highest BCUT2D eigenvalue weighted by Gasteiger charge is 2.34. The summed E-state index contributed by atoms with van der Waals surface area (Å²) in [7, 11) is 0. The van der Waals surface area contributed by atoms with E-state index in [9.17, 15) is 9.90 Å². The number of aliphatic hydroxyl groups is 1. The van der Waals surface area contributed by atoms with Crippen molar-refractivity contribution in [3.8, 4) is 0 Å². The van der Waals surface area contributed by atoms with Crippen molar-refractivity contribution < 1.29 is 15.0 Å². The first kappa shape index (κ1) is 9.44. The van der Waals surface area contributed by atoms with E-state index in [1.807, 2.05) is 0 Å². The molecule has 5 nitrogen and oxygen atoms in total. The van der Waals surface area contributed by atoms with Crippen LogP contribution in [0.1, 0.15) is 6.42 Å². The minimum absolute atomic E-state index is 0.315. The second-order valence-electron chi connectivity index (χ2n) is 3.03. The molecule has 0 aliphatic carbocycles. The average Bonchev–Trinajstić information content (AvgIpc) is 2.32. The zero-order valence-corrected chi connectivity index (χ0v) is 6.81. The van der Waals surface area contributed by atoms with Crippen LogP contribution in [0.25, 0.3) is 0 Å². The molecule has 1 aliphatic rings. The van der Waals surface area contributed by atoms with Crippen molar-refractivity contribution in [1.29, 1.82) is 0 Å². The number of likely N-dealkylation sites (tertiary alicyclic amines) is 1. The largest absolute Gasteiger partial charge is 0.480 e. The molecule has 70 valence electrons. The van der Waals surface area contributed by atoms with E-state index < -0.39 is 18.1 Å². The van der Waals surface area contributed by atoms with Crippen LogP contribution in [0.4, 0.5) is 0 Å². The molecule has 2 atom stereocenters. The maximum Gasteiger partial charge on any atom is 0.321 e. The molecule has 5 heteroatoms. The van der Waals surface area contributed by atoms with Crippen LogP contribution < -0.4 is 5.73 Å². The summed E-state index contributed by atoms with van der Waals surface area (Å²) in [5.41, 5.74) is 5.30. The van der Waals surface area contributed by atoms with Crippen LogP contribution in [0.2, 0.25) is 0 Å². The van der Waals surface area contributed by atoms with E-state index in [1.165, 1.54) is 0 Å². The highest BCUT2D eigenvalue weighted by Crippen LogP contribution is 2.16. The zero-order chi connectivity index (χ0) is 9.14. The highest BCUT2D eigenvalue weighted by molar-refractivity contribution is 5.74. The van der Waals surface area contributed by atoms with Gasteiger partial charge in [0.15, 0.2) is 0 Å². The third-order valence-electron chi connectivity index (χ3n) is 2.08. The lowest BCUT2D eigenvalue weighted by Crippen LogP contribution is -2.39. The van der Waals surface area contributed by atoms with Crippen molar-refractivity contribution in [2.75, 3.05) is 19.6 Å². The van der Waals surface area contributed by atoms with Gasteiger partial charge in [0.25, 0.3) is 0 Å². The normalized spacial score (nSPS) is 30.8. The van der Waals surface area contributed by atoms with Gasteiger partial charge in [0.05, 0.1) is 6.10 Å². The van der Waals surface area contributed by atoms with Crippen molar-refractivity contribution in [2.45, 2.75) is 18.6 Å². The number of aliphatic carboxylic acids is 1. The van der Waals surface area contributed by atoms with Gasteiger partial charge in [-0.3, -0.25) is 9.69 Å². The van der Waals surface area contributed by atoms with Crippen LogP contribution in [0, 0.1) is 0 Å². The van der Waals surface area contributed by atoms with Crippen molar-refractivity contribution >= 4 is 5.97 Å². The van der Waals surface area contributed by atoms with E-state index in [2.05, 4.69) is 0 Å². The molecule has 1 aliphatic heterocycles. The predicted octanol–water partition coefficient (Wildman–Crippen LogP) is -1.54. The summed E-state index contributed by atoms with van der Waals surface area (Å²) in [4.78, 5) is 12.3. The van der Waals surface area contributed by atoms with Gasteiger partial charge in [0.1, 0.15) is 6.04 Å². The van der Waals surface area contributed by atoms with E-state index in [0.29, 0.717) is 26.1 Å². The maximum absolute atomic E-state index is 10.6. The molecule has 0 aromatic heterocycles. The Kier molecular flexibility index (Phi) is 3.02. The fourth-order valence-electron chi connectivity index (χ4n) is 1.55. The number of hydrogen-bond acceptors (Lipinski definition) is 4. The molecule has 4 N–H and O–H groups in total. The minimum Gasteiger partial charge on any atom is -0.480 e. The summed E-state index contributed by atoms with van der Waals surface area (Å²) in [6.07, 6.45) is -0.201. The molecule has 0 bridgehead atoms. The molecule has 0 saturated carbocycles. The molecule has 1 fully saturated rings. The van der Waals surface area contributed by atoms with Gasteiger partial charge in [-0.05, 0) is 0 Å². The van der Waals surface area contributed by atoms with Gasteiger partial charge < -0.3 is 15.9 Å². The van der Waals surface area contributed by atoms with Crippen molar-refractivity contribution in [1.82, 2.24) is 4.90 Å². The van der Waals surface area contributed by atoms with Crippen LogP contribution in [0.3, 0.4) is 0 Å². The molecular formula is C7H14N2O3. The minimum atomic E-state index is -0.875. The zero-order valence-electron chi connectivity index (χ0n) is 6.81. The number of nitrogens with zero attached hydrogens (tertiary/aromatic N) is 1. The molecule has 0 amide bonds. The lowest BCUT2D eigenvalue weighted by molar-refractivity contribution is -0.142. The number of β-amino-alcohol motifs (C(OH)–C–C–N with tert-alkyl or cyclic N) is 1. The highest BCUT2D eigenvalue weighted by atomic mass is 16.4. The quantitative estimate of drug-likeness (QED) is 0.483. The van der Waals surface area contributed by atoms with Crippen molar-refractivity contribution in [2.24, 2.45) is 5.73 Å². The Labute approximate surface area is 70.8 Å². The Morgan fingerprint density at radius 1 is 1.67 bits per heavy atom. The number of aliphatic hydroxyl groups excluding tert-OH is 1. The van der Waals surface area contributed by atoms with Crippen LogP contribution in [-0.4, -0.2) is 52.9 Å². The van der Waals surface area contributed by atoms with E-state index in [4.69, 9.17) is 10.8 Å². The molecule has 12 heavy (non-hydrogen) atoms. The van der Waals surface area contributed by atoms with Gasteiger partial charge in [-0.15, -0.1) is 0 Å². The van der Waals surface area contributed by atoms with Gasteiger partial charge in [-0.25, -0.2) is 0 Å². The van der Waals surface area contributed by atoms with E-state index in [0.717, 1.165) is 0 Å². The van der Waals surface area contributed by atoms with Crippen LogP contribution >= 0.6 is 0 Å². The third-order valence-corrected chi connectivity index (χ3v) is 2.08. The fraction of sp³-hybridized carbons (Fsp3) is 0.857. The first-order valence-electron chi connectivity index (χ1n) is 4.00. The Bertz CT molecular complexity index is 174. The molecule has 0 aromatic rings. The van der Waals surface area contributed by atoms with Gasteiger partial charge >= 0.3 is 5.97 Å². The average molecular weight is 174 g/mol. The number of rotatable bonds is 3. The summed E-state index contributed by atoms with van der Waals surface area (Å²) in [6, 6.07) is -0.552. The molecule has 0 radical (unpaired) electrons. The summed E-state index contributed by atoms with van der Waals surface area (Å²) in [6.45, 7) is 1.39. The Balaban J connectivity index is 2.53. The Hall–Kier alpha value is -0.650. The van der Waals surface area contributed by atoms with Crippen molar-refractivity contribution in [3.63, 3.8) is 0 Å². The van der Waals surface area contributed by atoms with Crippen LogP contribution in [0.5, 0.6) is 0 Å². The topological polar surface area (TPSA) is 86.8 Å². The molecule has 1 rings (SSSR count). The second-order valence-corrected chi connectivity index (χ2v) is 3.03. The first-order chi connectivity index (χ1) is 5.65. The molecule has 0 aromatic carbocycles. The third kappa shape index (κ3) is 1.94. The number of carbonyl (C=O) groups is 1. The monoisotopic (exact) mass is 174 g/mol. The summed E-state index contributed by atoms with van der Waals surface area (Å²) < 4.78 is 0. The van der Waals surface area contributed by atoms with Gasteiger partial charge in [0, 0.05) is 26.1 Å². The second kappa shape index (κ2) is 3.84. The SMILES string of the molecule is NCCN1CC(O)CC1C(=O)O. The standard InChI is InChI=1S/C7H14N2O3/c8-1-2-9-4-5(10)3-6(9)7(11)12/h5-6,10H,1-4,8H2,(H,11,12). The number of hydrogen-bond donors (Lipinski definition) is 3. The molecule has 1 heterocycles. The molecule has 1 saturated heterocycles. The number of carboxylic acids is 1. The Morgan fingerprint density at radius 3 is 2.83 bits per heavy atom. The number of nitrogens with two attached hydrogens (primary N) is 1.